The molecule has 0 aliphatic carbocycles. The minimum absolute atomic E-state index is 0. The number of esters is 1. The van der Waals surface area contributed by atoms with Crippen LogP contribution in [0.3, 0.4) is 0 Å². The number of hydrogen-bond donors (Lipinski definition) is 0. The summed E-state index contributed by atoms with van der Waals surface area (Å²) in [6, 6.07) is 0. The zero-order valence-electron chi connectivity index (χ0n) is 4.34. The van der Waals surface area contributed by atoms with E-state index < -0.39 is 0 Å². The minimum Gasteiger partial charge on any atom is -0.466 e. The van der Waals surface area contributed by atoms with Crippen LogP contribution in [0.25, 0.3) is 0 Å². The van der Waals surface area contributed by atoms with Crippen molar-refractivity contribution in [2.75, 3.05) is 6.61 Å². The average Bonchev–Trinajstić information content (AvgIpc) is 1.35. The van der Waals surface area contributed by atoms with Crippen LogP contribution in [0.2, 0.25) is 0 Å². The maximum atomic E-state index is 9.82. The van der Waals surface area contributed by atoms with Crippen LogP contribution in [0.1, 0.15) is 13.8 Å². The molecule has 2 nitrogen and oxygen atoms in total. The van der Waals surface area contributed by atoms with Crippen LogP contribution in [0, 0.1) is 0 Å². The average molecular weight is 283 g/mol. The van der Waals surface area contributed by atoms with Gasteiger partial charge in [-0.3, -0.25) is 4.79 Å². The van der Waals surface area contributed by atoms with Crippen molar-refractivity contribution in [2.45, 2.75) is 13.8 Å². The van der Waals surface area contributed by atoms with Crippen LogP contribution < -0.4 is 0 Å². The summed E-state index contributed by atoms with van der Waals surface area (Å²) in [6.45, 7) is 3.65. The standard InChI is InChI=1S/C4H8O2.Pt/c1-3-6-4(2)5;/h3H2,1-2H3;. The molecule has 0 saturated carbocycles. The molecule has 0 spiro atoms. The first-order chi connectivity index (χ1) is 2.77. The first-order valence-corrected chi connectivity index (χ1v) is 1.90. The van der Waals surface area contributed by atoms with Gasteiger partial charge in [-0.05, 0) is 6.92 Å². The number of hydrogen-bond acceptors (Lipinski definition) is 2. The van der Waals surface area contributed by atoms with Crippen molar-refractivity contribution in [1.29, 1.82) is 0 Å². The monoisotopic (exact) mass is 283 g/mol. The molecule has 0 rings (SSSR count). The fraction of sp³-hybridized carbons (Fsp3) is 0.750. The molecule has 0 unspecified atom stereocenters. The molecule has 46 valence electrons. The molecule has 0 atom stereocenters. The normalized spacial score (nSPS) is 6.57. The van der Waals surface area contributed by atoms with Crippen molar-refractivity contribution in [3.8, 4) is 0 Å². The van der Waals surface area contributed by atoms with E-state index >= 15 is 0 Å². The van der Waals surface area contributed by atoms with E-state index in [1.807, 2.05) is 0 Å². The van der Waals surface area contributed by atoms with E-state index in [9.17, 15) is 4.79 Å². The molecule has 0 radical (unpaired) electrons. The predicted octanol–water partition coefficient (Wildman–Crippen LogP) is 0.567. The fourth-order valence-corrected chi connectivity index (χ4v) is 0.203. The van der Waals surface area contributed by atoms with Crippen molar-refractivity contribution in [2.24, 2.45) is 0 Å². The van der Waals surface area contributed by atoms with E-state index in [-0.39, 0.29) is 27.0 Å². The fourth-order valence-electron chi connectivity index (χ4n) is 0.203. The van der Waals surface area contributed by atoms with E-state index in [4.69, 9.17) is 0 Å². The van der Waals surface area contributed by atoms with Gasteiger partial charge in [0.2, 0.25) is 0 Å². The van der Waals surface area contributed by atoms with Gasteiger partial charge >= 0.3 is 5.97 Å². The Labute approximate surface area is 57.5 Å². The molecule has 0 aliphatic heterocycles. The molecule has 0 N–H and O–H groups in total. The summed E-state index contributed by atoms with van der Waals surface area (Å²) >= 11 is 0. The number of rotatable bonds is 1. The Hall–Kier alpha value is 0.158. The minimum atomic E-state index is -0.211. The van der Waals surface area contributed by atoms with Gasteiger partial charge in [0.05, 0.1) is 6.61 Å². The maximum Gasteiger partial charge on any atom is 0.302 e. The second-order valence-corrected chi connectivity index (χ2v) is 0.925. The molecule has 0 bridgehead atoms. The van der Waals surface area contributed by atoms with Gasteiger partial charge in [0, 0.05) is 28.0 Å². The summed E-state index contributed by atoms with van der Waals surface area (Å²) in [5, 5.41) is 0. The quantitative estimate of drug-likeness (QED) is 0.658. The van der Waals surface area contributed by atoms with Crippen LogP contribution in [0.5, 0.6) is 0 Å². The van der Waals surface area contributed by atoms with Crippen LogP contribution in [0.15, 0.2) is 0 Å². The second-order valence-electron chi connectivity index (χ2n) is 0.925. The molecular weight excluding hydrogens is 275 g/mol. The van der Waals surface area contributed by atoms with E-state index in [1.165, 1.54) is 6.92 Å². The van der Waals surface area contributed by atoms with Gasteiger partial charge in [-0.2, -0.15) is 0 Å². The molecule has 3 heteroatoms. The molecule has 0 amide bonds. The first kappa shape index (κ1) is 10.2. The van der Waals surface area contributed by atoms with Crippen molar-refractivity contribution < 1.29 is 30.6 Å². The summed E-state index contributed by atoms with van der Waals surface area (Å²) in [5.74, 6) is -0.211. The van der Waals surface area contributed by atoms with E-state index in [1.54, 1.807) is 6.92 Å². The Bertz CT molecular complexity index is 53.7. The summed E-state index contributed by atoms with van der Waals surface area (Å²) in [7, 11) is 0. The third-order valence-electron chi connectivity index (χ3n) is 0.348. The van der Waals surface area contributed by atoms with Gasteiger partial charge in [-0.1, -0.05) is 0 Å². The molecule has 0 aromatic carbocycles. The summed E-state index contributed by atoms with van der Waals surface area (Å²) in [6.07, 6.45) is 0. The second kappa shape index (κ2) is 6.16. The number of ether oxygens (including phenoxy) is 1. The number of carbonyl (C=O) groups is 1. The third-order valence-corrected chi connectivity index (χ3v) is 0.348. The maximum absolute atomic E-state index is 9.82. The van der Waals surface area contributed by atoms with Crippen molar-refractivity contribution in [3.05, 3.63) is 0 Å². The first-order valence-electron chi connectivity index (χ1n) is 1.90. The van der Waals surface area contributed by atoms with E-state index in [2.05, 4.69) is 4.74 Å². The molecule has 0 saturated heterocycles. The molecule has 0 fully saturated rings. The summed E-state index contributed by atoms with van der Waals surface area (Å²) < 4.78 is 4.40. The van der Waals surface area contributed by atoms with Crippen molar-refractivity contribution in [3.63, 3.8) is 0 Å². The van der Waals surface area contributed by atoms with Crippen LogP contribution in [-0.4, -0.2) is 12.6 Å². The zero-order valence-corrected chi connectivity index (χ0v) is 6.61. The third kappa shape index (κ3) is 10.7. The molecular formula is C4H8O2Pt. The molecule has 0 aromatic rings. The van der Waals surface area contributed by atoms with Gasteiger partial charge < -0.3 is 4.74 Å². The number of carbonyl (C=O) groups excluding carboxylic acids is 1. The largest absolute Gasteiger partial charge is 0.466 e. The molecule has 7 heavy (non-hydrogen) atoms. The predicted molar refractivity (Wildman–Crippen MR) is 22.3 cm³/mol. The van der Waals surface area contributed by atoms with Gasteiger partial charge in [-0.15, -0.1) is 0 Å². The topological polar surface area (TPSA) is 26.3 Å². The van der Waals surface area contributed by atoms with E-state index in [0.717, 1.165) is 0 Å². The van der Waals surface area contributed by atoms with E-state index in [0.29, 0.717) is 6.61 Å². The Balaban J connectivity index is 0. The Morgan fingerprint density at radius 2 is 2.14 bits per heavy atom. The van der Waals surface area contributed by atoms with Gasteiger partial charge in [0.15, 0.2) is 0 Å². The summed E-state index contributed by atoms with van der Waals surface area (Å²) in [4.78, 5) is 9.82. The smallest absolute Gasteiger partial charge is 0.302 e. The van der Waals surface area contributed by atoms with Gasteiger partial charge in [0.25, 0.3) is 0 Å². The van der Waals surface area contributed by atoms with Gasteiger partial charge in [-0.25, -0.2) is 0 Å². The van der Waals surface area contributed by atoms with Crippen LogP contribution in [-0.2, 0) is 30.6 Å². The Kier molecular flexibility index (Phi) is 8.98. The van der Waals surface area contributed by atoms with Gasteiger partial charge in [0.1, 0.15) is 0 Å². The molecule has 0 aliphatic rings. The Morgan fingerprint density at radius 3 is 2.14 bits per heavy atom. The summed E-state index contributed by atoms with van der Waals surface area (Å²) in [5.41, 5.74) is 0. The molecule has 0 heterocycles. The molecule has 0 aromatic heterocycles. The van der Waals surface area contributed by atoms with Crippen molar-refractivity contribution in [1.82, 2.24) is 0 Å². The SMILES string of the molecule is CCOC(C)=O.[Pt]. The van der Waals surface area contributed by atoms with Crippen molar-refractivity contribution >= 4 is 5.97 Å². The zero-order chi connectivity index (χ0) is 4.99. The Morgan fingerprint density at radius 1 is 1.71 bits per heavy atom. The van der Waals surface area contributed by atoms with Crippen LogP contribution in [0.4, 0.5) is 0 Å². The van der Waals surface area contributed by atoms with Crippen LogP contribution >= 0.6 is 0 Å².